The van der Waals surface area contributed by atoms with Crippen LogP contribution in [0.4, 0.5) is 5.69 Å². The zero-order valence-electron chi connectivity index (χ0n) is 10.7. The Hall–Kier alpha value is -1.30. The van der Waals surface area contributed by atoms with Crippen LogP contribution in [0.15, 0.2) is 18.2 Å². The lowest BCUT2D eigenvalue weighted by molar-refractivity contribution is -0.885. The molecule has 1 rings (SSSR count). The molecular weight excluding hydrogens is 289 g/mol. The smallest absolute Gasteiger partial charge is 0.279 e. The first kappa shape index (κ1) is 15.8. The first-order valence-corrected chi connectivity index (χ1v) is 6.44. The highest BCUT2D eigenvalue weighted by molar-refractivity contribution is 6.39. The van der Waals surface area contributed by atoms with E-state index in [1.807, 2.05) is 0 Å². The van der Waals surface area contributed by atoms with E-state index in [1.54, 1.807) is 32.2 Å². The van der Waals surface area contributed by atoms with Gasteiger partial charge in [-0.3, -0.25) is 9.59 Å². The molecule has 0 radical (unpaired) electrons. The van der Waals surface area contributed by atoms with E-state index in [4.69, 9.17) is 28.9 Å². The van der Waals surface area contributed by atoms with Gasteiger partial charge in [0, 0.05) is 0 Å². The molecule has 1 aromatic rings. The Morgan fingerprint density at radius 2 is 1.89 bits per heavy atom. The lowest BCUT2D eigenvalue weighted by Crippen LogP contribution is -3.15. The summed E-state index contributed by atoms with van der Waals surface area (Å²) in [7, 11) is 1.71. The van der Waals surface area contributed by atoms with Gasteiger partial charge in [0.05, 0.1) is 22.8 Å². The molecule has 2 atom stereocenters. The van der Waals surface area contributed by atoms with Crippen molar-refractivity contribution in [3.05, 3.63) is 28.2 Å². The topological polar surface area (TPSA) is 76.6 Å². The van der Waals surface area contributed by atoms with E-state index in [0.29, 0.717) is 20.6 Å². The standard InChI is InChI=1S/C12H15Cl2N3O2/c1-7(12(15)19)17(2)6-10(18)16-11-8(13)4-3-5-9(11)14/h3-5,7H,6H2,1-2H3,(H2,15,19)(H,16,18)/p+1/t7-/m1/s1. The molecule has 0 aromatic heterocycles. The van der Waals surface area contributed by atoms with Crippen LogP contribution < -0.4 is 16.0 Å². The van der Waals surface area contributed by atoms with Gasteiger partial charge in [0.25, 0.3) is 11.8 Å². The first-order valence-electron chi connectivity index (χ1n) is 5.68. The van der Waals surface area contributed by atoms with E-state index in [2.05, 4.69) is 5.32 Å². The number of nitrogens with two attached hydrogens (primary N) is 1. The summed E-state index contributed by atoms with van der Waals surface area (Å²) in [6.07, 6.45) is 0. The van der Waals surface area contributed by atoms with Crippen molar-refractivity contribution in [2.75, 3.05) is 18.9 Å². The normalized spacial score (nSPS) is 13.7. The number of carbonyl (C=O) groups is 2. The molecule has 4 N–H and O–H groups in total. The van der Waals surface area contributed by atoms with E-state index in [1.165, 1.54) is 0 Å². The predicted octanol–water partition coefficient (Wildman–Crippen LogP) is 0.320. The number of quaternary nitrogens is 1. The fourth-order valence-electron chi connectivity index (χ4n) is 1.45. The fourth-order valence-corrected chi connectivity index (χ4v) is 1.94. The molecule has 5 nitrogen and oxygen atoms in total. The maximum atomic E-state index is 11.9. The van der Waals surface area contributed by atoms with Crippen molar-refractivity contribution >= 4 is 40.7 Å². The Morgan fingerprint density at radius 1 is 1.37 bits per heavy atom. The van der Waals surface area contributed by atoms with Crippen LogP contribution in [0.5, 0.6) is 0 Å². The maximum Gasteiger partial charge on any atom is 0.279 e. The van der Waals surface area contributed by atoms with E-state index >= 15 is 0 Å². The van der Waals surface area contributed by atoms with Gasteiger partial charge < -0.3 is 16.0 Å². The highest BCUT2D eigenvalue weighted by atomic mass is 35.5. The molecule has 0 bridgehead atoms. The van der Waals surface area contributed by atoms with Gasteiger partial charge in [-0.15, -0.1) is 0 Å². The predicted molar refractivity (Wildman–Crippen MR) is 75.5 cm³/mol. The molecule has 0 heterocycles. The molecule has 19 heavy (non-hydrogen) atoms. The number of para-hydroxylation sites is 1. The molecule has 0 spiro atoms. The van der Waals surface area contributed by atoms with Crippen LogP contribution in [-0.2, 0) is 9.59 Å². The highest BCUT2D eigenvalue weighted by Crippen LogP contribution is 2.29. The van der Waals surface area contributed by atoms with Crippen LogP contribution in [-0.4, -0.2) is 31.4 Å². The second-order valence-electron chi connectivity index (χ2n) is 4.29. The van der Waals surface area contributed by atoms with E-state index in [9.17, 15) is 9.59 Å². The van der Waals surface area contributed by atoms with Crippen LogP contribution in [0.2, 0.25) is 10.0 Å². The van der Waals surface area contributed by atoms with Crippen molar-refractivity contribution < 1.29 is 14.5 Å². The van der Waals surface area contributed by atoms with Gasteiger partial charge in [-0.2, -0.15) is 0 Å². The zero-order chi connectivity index (χ0) is 14.6. The molecule has 0 saturated carbocycles. The summed E-state index contributed by atoms with van der Waals surface area (Å²) in [5, 5.41) is 3.35. The third-order valence-corrected chi connectivity index (χ3v) is 3.46. The monoisotopic (exact) mass is 304 g/mol. The zero-order valence-corrected chi connectivity index (χ0v) is 12.2. The molecule has 0 aliphatic rings. The summed E-state index contributed by atoms with van der Waals surface area (Å²) in [5.41, 5.74) is 5.55. The molecule has 0 fully saturated rings. The van der Waals surface area contributed by atoms with Crippen molar-refractivity contribution in [2.45, 2.75) is 13.0 Å². The van der Waals surface area contributed by atoms with Gasteiger partial charge in [-0.05, 0) is 19.1 Å². The van der Waals surface area contributed by atoms with Gasteiger partial charge in [0.1, 0.15) is 0 Å². The van der Waals surface area contributed by atoms with Crippen molar-refractivity contribution in [3.8, 4) is 0 Å². The second kappa shape index (κ2) is 6.75. The van der Waals surface area contributed by atoms with Crippen molar-refractivity contribution in [1.29, 1.82) is 0 Å². The Morgan fingerprint density at radius 3 is 2.37 bits per heavy atom. The first-order chi connectivity index (χ1) is 8.82. The molecule has 104 valence electrons. The Labute approximate surface area is 121 Å². The summed E-state index contributed by atoms with van der Waals surface area (Å²) in [5.74, 6) is -0.748. The summed E-state index contributed by atoms with van der Waals surface area (Å²) >= 11 is 11.9. The van der Waals surface area contributed by atoms with E-state index in [-0.39, 0.29) is 12.5 Å². The van der Waals surface area contributed by atoms with Crippen molar-refractivity contribution in [1.82, 2.24) is 0 Å². The second-order valence-corrected chi connectivity index (χ2v) is 5.11. The largest absolute Gasteiger partial charge is 0.365 e. The molecule has 1 unspecified atom stereocenters. The van der Waals surface area contributed by atoms with Crippen molar-refractivity contribution in [2.24, 2.45) is 5.73 Å². The Bertz CT molecular complexity index is 474. The fraction of sp³-hybridized carbons (Fsp3) is 0.333. The summed E-state index contributed by atoms with van der Waals surface area (Å²) in [6, 6.07) is 4.50. The number of halogens is 2. The maximum absolute atomic E-state index is 11.9. The number of primary amides is 1. The Balaban J connectivity index is 2.68. The molecule has 1 aromatic carbocycles. The minimum Gasteiger partial charge on any atom is -0.365 e. The van der Waals surface area contributed by atoms with Crippen LogP contribution in [0.3, 0.4) is 0 Å². The quantitative estimate of drug-likeness (QED) is 0.733. The van der Waals surface area contributed by atoms with Gasteiger partial charge in [-0.25, -0.2) is 0 Å². The SMILES string of the molecule is C[C@H](C(N)=O)[NH+](C)CC(=O)Nc1c(Cl)cccc1Cl. The molecule has 0 aliphatic heterocycles. The molecule has 0 aliphatic carbocycles. The van der Waals surface area contributed by atoms with Crippen molar-refractivity contribution in [3.63, 3.8) is 0 Å². The minimum atomic E-state index is -0.457. The lowest BCUT2D eigenvalue weighted by Gasteiger charge is -2.18. The highest BCUT2D eigenvalue weighted by Gasteiger charge is 2.22. The Kier molecular flexibility index (Phi) is 5.60. The number of likely N-dealkylation sites (N-methyl/N-ethyl adjacent to an activating group) is 1. The average Bonchev–Trinajstić information content (AvgIpc) is 2.32. The number of carbonyl (C=O) groups excluding carboxylic acids is 2. The van der Waals surface area contributed by atoms with Crippen LogP contribution in [0, 0.1) is 0 Å². The molecule has 2 amide bonds. The average molecular weight is 305 g/mol. The van der Waals surface area contributed by atoms with Crippen LogP contribution in [0.25, 0.3) is 0 Å². The summed E-state index contributed by atoms with van der Waals surface area (Å²) < 4.78 is 0. The van der Waals surface area contributed by atoms with Gasteiger partial charge >= 0.3 is 0 Å². The number of hydrogen-bond donors (Lipinski definition) is 3. The van der Waals surface area contributed by atoms with Crippen LogP contribution >= 0.6 is 23.2 Å². The number of rotatable bonds is 5. The minimum absolute atomic E-state index is 0.0889. The summed E-state index contributed by atoms with van der Waals surface area (Å²) in [6.45, 7) is 1.75. The number of nitrogens with one attached hydrogen (secondary N) is 2. The molecule has 7 heteroatoms. The van der Waals surface area contributed by atoms with Gasteiger partial charge in [0.2, 0.25) is 0 Å². The molecular formula is C12H16Cl2N3O2+. The van der Waals surface area contributed by atoms with Gasteiger partial charge in [-0.1, -0.05) is 29.3 Å². The third-order valence-electron chi connectivity index (χ3n) is 2.83. The third kappa shape index (κ3) is 4.38. The van der Waals surface area contributed by atoms with Crippen LogP contribution in [0.1, 0.15) is 6.92 Å². The van der Waals surface area contributed by atoms with Gasteiger partial charge in [0.15, 0.2) is 12.6 Å². The number of benzene rings is 1. The lowest BCUT2D eigenvalue weighted by atomic mass is 10.2. The number of amides is 2. The number of hydrogen-bond acceptors (Lipinski definition) is 2. The summed E-state index contributed by atoms with van der Waals surface area (Å²) in [4.78, 5) is 23.6. The van der Waals surface area contributed by atoms with E-state index < -0.39 is 11.9 Å². The number of anilines is 1. The van der Waals surface area contributed by atoms with E-state index in [0.717, 1.165) is 0 Å². The molecule has 0 saturated heterocycles.